The van der Waals surface area contributed by atoms with Gasteiger partial charge in [0, 0.05) is 35.3 Å². The van der Waals surface area contributed by atoms with Crippen molar-refractivity contribution in [3.05, 3.63) is 58.6 Å². The van der Waals surface area contributed by atoms with E-state index in [1.807, 2.05) is 32.9 Å². The first-order valence-corrected chi connectivity index (χ1v) is 11.2. The number of nitrogens with two attached hydrogens (primary N) is 1. The van der Waals surface area contributed by atoms with E-state index in [-0.39, 0.29) is 5.41 Å². The Morgan fingerprint density at radius 1 is 1.18 bits per heavy atom. The predicted octanol–water partition coefficient (Wildman–Crippen LogP) is 3.63. The molecule has 0 bridgehead atoms. The smallest absolute Gasteiger partial charge is 0.333 e. The number of rotatable bonds is 5. The molecule has 9 heteroatoms. The molecule has 0 fully saturated rings. The van der Waals surface area contributed by atoms with E-state index in [1.165, 1.54) is 7.11 Å². The number of para-hydroxylation sites is 1. The normalized spacial score (nSPS) is 19.1. The maximum Gasteiger partial charge on any atom is 0.333 e. The lowest BCUT2D eigenvalue weighted by molar-refractivity contribution is -0.164. The van der Waals surface area contributed by atoms with Crippen LogP contribution in [0.5, 0.6) is 5.75 Å². The van der Waals surface area contributed by atoms with Crippen molar-refractivity contribution in [3.8, 4) is 5.75 Å². The van der Waals surface area contributed by atoms with Crippen LogP contribution in [0.1, 0.15) is 44.9 Å². The van der Waals surface area contributed by atoms with Gasteiger partial charge in [-0.2, -0.15) is 0 Å². The molecule has 2 N–H and O–H groups in total. The number of esters is 2. The van der Waals surface area contributed by atoms with Gasteiger partial charge in [-0.05, 0) is 29.7 Å². The molecule has 3 atom stereocenters. The Kier molecular flexibility index (Phi) is 7.65. The predicted molar refractivity (Wildman–Crippen MR) is 128 cm³/mol. The molecule has 0 saturated carbocycles. The van der Waals surface area contributed by atoms with Crippen molar-refractivity contribution >= 4 is 35.1 Å². The van der Waals surface area contributed by atoms with Gasteiger partial charge in [-0.1, -0.05) is 50.6 Å². The fraction of sp³-hybridized carbons (Fsp3) is 0.400. The molecule has 0 aromatic heterocycles. The number of nitrogens with zero attached hydrogens (tertiary/aromatic N) is 1. The Morgan fingerprint density at radius 2 is 1.85 bits per heavy atom. The summed E-state index contributed by atoms with van der Waals surface area (Å²) in [6, 6.07) is 10.8. The third-order valence-corrected chi connectivity index (χ3v) is 5.49. The second-order valence-corrected chi connectivity index (χ2v) is 9.74. The Bertz CT molecular complexity index is 1100. The van der Waals surface area contributed by atoms with Gasteiger partial charge >= 0.3 is 11.9 Å². The van der Waals surface area contributed by atoms with Crippen molar-refractivity contribution in [2.45, 2.75) is 45.9 Å². The topological polar surface area (TPSA) is 108 Å². The summed E-state index contributed by atoms with van der Waals surface area (Å²) in [7, 11) is 1.53. The van der Waals surface area contributed by atoms with Gasteiger partial charge in [0.25, 0.3) is 5.91 Å². The first-order chi connectivity index (χ1) is 15.9. The standard InChI is InChI=1S/C25H29ClN2O6/c1-14(29)33-24(31)20(27)22-23(30)28(13-25(2,3)4)18-11-10-15(26)12-17(18)21(34-22)16-8-6-7-9-19(16)32-5/h6-12,20-22H,13,27H2,1-5H3/t20?,21-,22-/m0/s1. The summed E-state index contributed by atoms with van der Waals surface area (Å²) >= 11 is 6.35. The Balaban J connectivity index is 2.23. The molecule has 34 heavy (non-hydrogen) atoms. The molecular formula is C25H29ClN2O6. The van der Waals surface area contributed by atoms with Crippen LogP contribution in [0.3, 0.4) is 0 Å². The Labute approximate surface area is 203 Å². The van der Waals surface area contributed by atoms with Crippen LogP contribution in [0.2, 0.25) is 5.02 Å². The molecule has 8 nitrogen and oxygen atoms in total. The van der Waals surface area contributed by atoms with Crippen molar-refractivity contribution < 1.29 is 28.6 Å². The van der Waals surface area contributed by atoms with Crippen LogP contribution >= 0.6 is 11.6 Å². The Morgan fingerprint density at radius 3 is 2.47 bits per heavy atom. The van der Waals surface area contributed by atoms with Gasteiger partial charge in [0.05, 0.1) is 7.11 Å². The number of carbonyl (C=O) groups excluding carboxylic acids is 3. The van der Waals surface area contributed by atoms with Gasteiger partial charge in [0.15, 0.2) is 6.10 Å². The van der Waals surface area contributed by atoms with Crippen LogP contribution in [-0.4, -0.2) is 43.6 Å². The molecular weight excluding hydrogens is 460 g/mol. The highest BCUT2D eigenvalue weighted by Gasteiger charge is 2.44. The van der Waals surface area contributed by atoms with Crippen LogP contribution < -0.4 is 15.4 Å². The molecule has 0 aliphatic carbocycles. The summed E-state index contributed by atoms with van der Waals surface area (Å²) in [6.07, 6.45) is -2.28. The zero-order valence-electron chi connectivity index (χ0n) is 19.8. The van der Waals surface area contributed by atoms with Gasteiger partial charge in [0.2, 0.25) is 0 Å². The summed E-state index contributed by atoms with van der Waals surface area (Å²) in [5.74, 6) is -1.88. The minimum Gasteiger partial charge on any atom is -0.496 e. The molecule has 182 valence electrons. The third-order valence-electron chi connectivity index (χ3n) is 5.25. The highest BCUT2D eigenvalue weighted by Crippen LogP contribution is 2.43. The summed E-state index contributed by atoms with van der Waals surface area (Å²) in [5, 5.41) is 0.448. The van der Waals surface area contributed by atoms with Gasteiger partial charge < -0.3 is 24.8 Å². The summed E-state index contributed by atoms with van der Waals surface area (Å²) in [4.78, 5) is 39.2. The summed E-state index contributed by atoms with van der Waals surface area (Å²) < 4.78 is 16.5. The molecule has 0 radical (unpaired) electrons. The second-order valence-electron chi connectivity index (χ2n) is 9.31. The van der Waals surface area contributed by atoms with Gasteiger partial charge in [-0.25, -0.2) is 4.79 Å². The van der Waals surface area contributed by atoms with E-state index in [4.69, 9.17) is 26.8 Å². The molecule has 1 heterocycles. The lowest BCUT2D eigenvalue weighted by Crippen LogP contribution is -2.54. The largest absolute Gasteiger partial charge is 0.496 e. The van der Waals surface area contributed by atoms with E-state index in [1.54, 1.807) is 35.2 Å². The third kappa shape index (κ3) is 5.58. The van der Waals surface area contributed by atoms with E-state index in [2.05, 4.69) is 4.74 Å². The number of benzene rings is 2. The number of methoxy groups -OCH3 is 1. The average molecular weight is 489 g/mol. The van der Waals surface area contributed by atoms with Crippen molar-refractivity contribution in [3.63, 3.8) is 0 Å². The zero-order chi connectivity index (χ0) is 25.2. The summed E-state index contributed by atoms with van der Waals surface area (Å²) in [6.45, 7) is 7.35. The fourth-order valence-corrected chi connectivity index (χ4v) is 4.05. The first kappa shape index (κ1) is 25.7. The number of halogens is 1. The molecule has 0 spiro atoms. The number of carbonyl (C=O) groups is 3. The fourth-order valence-electron chi connectivity index (χ4n) is 3.86. The van der Waals surface area contributed by atoms with E-state index in [0.717, 1.165) is 6.92 Å². The van der Waals surface area contributed by atoms with Crippen LogP contribution in [0, 0.1) is 5.41 Å². The number of hydrogen-bond acceptors (Lipinski definition) is 7. The molecule has 1 amide bonds. The monoisotopic (exact) mass is 488 g/mol. The van der Waals surface area contributed by atoms with Crippen LogP contribution in [0.15, 0.2) is 42.5 Å². The maximum absolute atomic E-state index is 13.8. The number of hydrogen-bond donors (Lipinski definition) is 1. The molecule has 2 aromatic rings. The quantitative estimate of drug-likeness (QED) is 0.505. The molecule has 1 unspecified atom stereocenters. The average Bonchev–Trinajstić information content (AvgIpc) is 2.86. The highest BCUT2D eigenvalue weighted by atomic mass is 35.5. The van der Waals surface area contributed by atoms with Gasteiger partial charge in [0.1, 0.15) is 17.9 Å². The van der Waals surface area contributed by atoms with E-state index < -0.39 is 36.1 Å². The van der Waals surface area contributed by atoms with Crippen LogP contribution in [0.25, 0.3) is 0 Å². The van der Waals surface area contributed by atoms with E-state index >= 15 is 0 Å². The van der Waals surface area contributed by atoms with Crippen LogP contribution in [0.4, 0.5) is 5.69 Å². The first-order valence-electron chi connectivity index (χ1n) is 10.8. The van der Waals surface area contributed by atoms with Crippen LogP contribution in [-0.2, 0) is 23.9 Å². The molecule has 1 aliphatic heterocycles. The SMILES string of the molecule is COc1ccccc1[C@@H]1O[C@@H](C(N)C(=O)OC(C)=O)C(=O)N(CC(C)(C)C)c2ccc(Cl)cc21. The van der Waals surface area contributed by atoms with E-state index in [9.17, 15) is 14.4 Å². The minimum absolute atomic E-state index is 0.300. The lowest BCUT2D eigenvalue weighted by atomic mass is 9.94. The highest BCUT2D eigenvalue weighted by molar-refractivity contribution is 6.30. The maximum atomic E-state index is 13.8. The zero-order valence-corrected chi connectivity index (χ0v) is 20.6. The van der Waals surface area contributed by atoms with Crippen molar-refractivity contribution in [2.24, 2.45) is 11.1 Å². The van der Waals surface area contributed by atoms with Gasteiger partial charge in [-0.15, -0.1) is 0 Å². The van der Waals surface area contributed by atoms with Crippen molar-refractivity contribution in [1.82, 2.24) is 0 Å². The molecule has 0 saturated heterocycles. The van der Waals surface area contributed by atoms with E-state index in [0.29, 0.717) is 34.1 Å². The van der Waals surface area contributed by atoms with Gasteiger partial charge in [-0.3, -0.25) is 9.59 Å². The number of amides is 1. The molecule has 1 aliphatic rings. The lowest BCUT2D eigenvalue weighted by Gasteiger charge is -2.32. The molecule has 2 aromatic carbocycles. The summed E-state index contributed by atoms with van der Waals surface area (Å²) in [5.41, 5.74) is 7.66. The second kappa shape index (κ2) is 10.1. The minimum atomic E-state index is -1.54. The Hall–Kier alpha value is -2.94. The number of fused-ring (bicyclic) bond motifs is 1. The number of ether oxygens (including phenoxy) is 3. The van der Waals surface area contributed by atoms with Crippen molar-refractivity contribution in [1.29, 1.82) is 0 Å². The molecule has 3 rings (SSSR count). The van der Waals surface area contributed by atoms with Crippen molar-refractivity contribution in [2.75, 3.05) is 18.6 Å². The number of anilines is 1.